The van der Waals surface area contributed by atoms with Crippen molar-refractivity contribution in [2.24, 2.45) is 0 Å². The number of likely N-dealkylation sites (N-methyl/N-ethyl adjacent to an activating group) is 1. The molecule has 1 saturated carbocycles. The lowest BCUT2D eigenvalue weighted by Crippen LogP contribution is -2.41. The first-order valence-corrected chi connectivity index (χ1v) is 6.38. The van der Waals surface area contributed by atoms with E-state index in [2.05, 4.69) is 16.8 Å². The van der Waals surface area contributed by atoms with E-state index in [4.69, 9.17) is 0 Å². The van der Waals surface area contributed by atoms with Gasteiger partial charge in [0.25, 0.3) is 0 Å². The number of likely N-dealkylation sites (tertiary alicyclic amines) is 1. The topological polar surface area (TPSA) is 26.7 Å². The average molecular weight is 212 g/mol. The van der Waals surface area contributed by atoms with Gasteiger partial charge in [-0.1, -0.05) is 0 Å². The molecule has 0 radical (unpaired) electrons. The van der Waals surface area contributed by atoms with Gasteiger partial charge in [-0.3, -0.25) is 4.90 Å². The molecule has 0 unspecified atom stereocenters. The summed E-state index contributed by atoms with van der Waals surface area (Å²) < 4.78 is 0. The third-order valence-electron chi connectivity index (χ3n) is 3.98. The quantitative estimate of drug-likeness (QED) is 0.751. The van der Waals surface area contributed by atoms with Gasteiger partial charge in [0.05, 0.1) is 6.10 Å². The Morgan fingerprint density at radius 1 is 1.20 bits per heavy atom. The summed E-state index contributed by atoms with van der Waals surface area (Å²) in [6.45, 7) is 4.85. The van der Waals surface area contributed by atoms with Gasteiger partial charge in [0.2, 0.25) is 0 Å². The Kier molecular flexibility index (Phi) is 4.00. The zero-order valence-electron chi connectivity index (χ0n) is 9.86. The molecule has 0 bridgehead atoms. The van der Waals surface area contributed by atoms with Gasteiger partial charge in [0.1, 0.15) is 0 Å². The van der Waals surface area contributed by atoms with E-state index in [0.29, 0.717) is 6.04 Å². The lowest BCUT2D eigenvalue weighted by atomic mass is 10.2. The maximum absolute atomic E-state index is 9.80. The number of hydrogen-bond donors (Lipinski definition) is 1. The fraction of sp³-hybridized carbons (Fsp3) is 1.00. The number of rotatable bonds is 4. The predicted molar refractivity (Wildman–Crippen MR) is 61.9 cm³/mol. The molecule has 0 aromatic carbocycles. The Hall–Kier alpha value is -0.120. The van der Waals surface area contributed by atoms with Crippen molar-refractivity contribution >= 4 is 0 Å². The monoisotopic (exact) mass is 212 g/mol. The van der Waals surface area contributed by atoms with E-state index in [1.807, 2.05) is 0 Å². The Morgan fingerprint density at radius 2 is 1.93 bits per heavy atom. The van der Waals surface area contributed by atoms with Crippen molar-refractivity contribution in [1.29, 1.82) is 0 Å². The maximum atomic E-state index is 9.80. The lowest BCUT2D eigenvalue weighted by Gasteiger charge is -2.28. The summed E-state index contributed by atoms with van der Waals surface area (Å²) in [6.07, 6.45) is 6.04. The van der Waals surface area contributed by atoms with E-state index >= 15 is 0 Å². The molecule has 88 valence electrons. The number of nitrogens with zero attached hydrogens (tertiary/aromatic N) is 2. The highest BCUT2D eigenvalue weighted by Crippen LogP contribution is 2.23. The highest BCUT2D eigenvalue weighted by atomic mass is 16.3. The minimum Gasteiger partial charge on any atom is -0.391 e. The molecule has 2 fully saturated rings. The highest BCUT2D eigenvalue weighted by Gasteiger charge is 2.28. The van der Waals surface area contributed by atoms with Crippen molar-refractivity contribution in [2.45, 2.75) is 44.2 Å². The van der Waals surface area contributed by atoms with E-state index < -0.39 is 0 Å². The van der Waals surface area contributed by atoms with Crippen LogP contribution in [0.3, 0.4) is 0 Å². The zero-order chi connectivity index (χ0) is 10.7. The van der Waals surface area contributed by atoms with Crippen LogP contribution in [-0.4, -0.2) is 60.3 Å². The van der Waals surface area contributed by atoms with Gasteiger partial charge in [-0.15, -0.1) is 0 Å². The van der Waals surface area contributed by atoms with E-state index in [9.17, 15) is 5.11 Å². The maximum Gasteiger partial charge on any atom is 0.0695 e. The molecule has 2 aliphatic rings. The molecule has 2 atom stereocenters. The summed E-state index contributed by atoms with van der Waals surface area (Å²) in [7, 11) is 2.16. The third kappa shape index (κ3) is 2.92. The molecular formula is C12H24N2O. The van der Waals surface area contributed by atoms with Crippen LogP contribution in [0.4, 0.5) is 0 Å². The van der Waals surface area contributed by atoms with Crippen molar-refractivity contribution in [3.05, 3.63) is 0 Å². The van der Waals surface area contributed by atoms with Crippen molar-refractivity contribution < 1.29 is 5.11 Å². The van der Waals surface area contributed by atoms with E-state index in [1.54, 1.807) is 0 Å². The second kappa shape index (κ2) is 5.28. The summed E-state index contributed by atoms with van der Waals surface area (Å²) in [4.78, 5) is 4.90. The first-order valence-electron chi connectivity index (χ1n) is 6.38. The van der Waals surface area contributed by atoms with Gasteiger partial charge >= 0.3 is 0 Å². The number of hydrogen-bond acceptors (Lipinski definition) is 3. The minimum absolute atomic E-state index is 0.0754. The summed E-state index contributed by atoms with van der Waals surface area (Å²) in [5.74, 6) is 0. The van der Waals surface area contributed by atoms with Crippen LogP contribution >= 0.6 is 0 Å². The summed E-state index contributed by atoms with van der Waals surface area (Å²) in [5.41, 5.74) is 0. The molecule has 1 aliphatic heterocycles. The number of aliphatic hydroxyl groups is 1. The molecule has 3 nitrogen and oxygen atoms in total. The van der Waals surface area contributed by atoms with Crippen LogP contribution in [-0.2, 0) is 0 Å². The molecule has 1 saturated heterocycles. The second-order valence-corrected chi connectivity index (χ2v) is 5.09. The standard InChI is InChI=1S/C12H24N2O/c1-13(11-5-4-6-12(11)15)9-10-14-7-2-3-8-14/h11-12,15H,2-10H2,1H3/t11-,12-/m0/s1. The summed E-state index contributed by atoms with van der Waals surface area (Å²) in [5, 5.41) is 9.80. The van der Waals surface area contributed by atoms with Crippen LogP contribution in [0.15, 0.2) is 0 Å². The SMILES string of the molecule is CN(CCN1CCCC1)[C@H]1CCC[C@@H]1O. The normalized spacial score (nSPS) is 33.0. The average Bonchev–Trinajstić information content (AvgIpc) is 2.84. The van der Waals surface area contributed by atoms with E-state index in [1.165, 1.54) is 45.3 Å². The van der Waals surface area contributed by atoms with Gasteiger partial charge in [-0.25, -0.2) is 0 Å². The molecule has 15 heavy (non-hydrogen) atoms. The van der Waals surface area contributed by atoms with Gasteiger partial charge in [-0.05, 0) is 52.2 Å². The van der Waals surface area contributed by atoms with Crippen LogP contribution in [0.2, 0.25) is 0 Å². The molecule has 3 heteroatoms. The molecule has 0 amide bonds. The largest absolute Gasteiger partial charge is 0.391 e. The lowest BCUT2D eigenvalue weighted by molar-refractivity contribution is 0.0811. The highest BCUT2D eigenvalue weighted by molar-refractivity contribution is 4.84. The van der Waals surface area contributed by atoms with E-state index in [-0.39, 0.29) is 6.10 Å². The van der Waals surface area contributed by atoms with Crippen molar-refractivity contribution in [3.63, 3.8) is 0 Å². The first-order chi connectivity index (χ1) is 7.27. The summed E-state index contributed by atoms with van der Waals surface area (Å²) >= 11 is 0. The van der Waals surface area contributed by atoms with Crippen LogP contribution in [0.1, 0.15) is 32.1 Å². The summed E-state index contributed by atoms with van der Waals surface area (Å²) in [6, 6.07) is 0.424. The molecule has 0 aromatic heterocycles. The molecule has 1 aliphatic carbocycles. The molecule has 1 N–H and O–H groups in total. The third-order valence-corrected chi connectivity index (χ3v) is 3.98. The zero-order valence-corrected chi connectivity index (χ0v) is 9.86. The van der Waals surface area contributed by atoms with Gasteiger partial charge in [0, 0.05) is 19.1 Å². The molecule has 1 heterocycles. The fourth-order valence-electron chi connectivity index (χ4n) is 2.91. The Balaban J connectivity index is 1.69. The van der Waals surface area contributed by atoms with Crippen LogP contribution in [0.5, 0.6) is 0 Å². The van der Waals surface area contributed by atoms with Crippen molar-refractivity contribution in [1.82, 2.24) is 9.80 Å². The van der Waals surface area contributed by atoms with Gasteiger partial charge < -0.3 is 10.0 Å². The molecule has 0 spiro atoms. The molecule has 2 rings (SSSR count). The van der Waals surface area contributed by atoms with Crippen LogP contribution in [0.25, 0.3) is 0 Å². The molecule has 0 aromatic rings. The van der Waals surface area contributed by atoms with Crippen molar-refractivity contribution in [2.75, 3.05) is 33.2 Å². The Labute approximate surface area is 93.1 Å². The van der Waals surface area contributed by atoms with Crippen LogP contribution in [0, 0.1) is 0 Å². The minimum atomic E-state index is -0.0754. The van der Waals surface area contributed by atoms with E-state index in [0.717, 1.165) is 13.0 Å². The van der Waals surface area contributed by atoms with Crippen LogP contribution < -0.4 is 0 Å². The predicted octanol–water partition coefficient (Wildman–Crippen LogP) is 0.927. The smallest absolute Gasteiger partial charge is 0.0695 e. The Morgan fingerprint density at radius 3 is 2.53 bits per heavy atom. The second-order valence-electron chi connectivity index (χ2n) is 5.09. The first kappa shape index (κ1) is 11.4. The Bertz CT molecular complexity index is 192. The van der Waals surface area contributed by atoms with Gasteiger partial charge in [-0.2, -0.15) is 0 Å². The fourth-order valence-corrected chi connectivity index (χ4v) is 2.91. The molecular weight excluding hydrogens is 188 g/mol. The van der Waals surface area contributed by atoms with Crippen molar-refractivity contribution in [3.8, 4) is 0 Å². The van der Waals surface area contributed by atoms with Gasteiger partial charge in [0.15, 0.2) is 0 Å². The number of aliphatic hydroxyl groups excluding tert-OH is 1.